The molecule has 2 unspecified atom stereocenters. The van der Waals surface area contributed by atoms with E-state index in [4.69, 9.17) is 9.15 Å². The van der Waals surface area contributed by atoms with Crippen molar-refractivity contribution >= 4 is 6.09 Å². The summed E-state index contributed by atoms with van der Waals surface area (Å²) in [5.74, 6) is 1.11. The summed E-state index contributed by atoms with van der Waals surface area (Å²) < 4.78 is 10.8. The van der Waals surface area contributed by atoms with Crippen LogP contribution >= 0.6 is 0 Å². The zero-order chi connectivity index (χ0) is 15.5. The molecule has 1 aliphatic heterocycles. The van der Waals surface area contributed by atoms with Gasteiger partial charge in [-0.2, -0.15) is 0 Å². The van der Waals surface area contributed by atoms with Crippen molar-refractivity contribution in [2.75, 3.05) is 6.54 Å². The molecular formula is C16H18N2O4. The van der Waals surface area contributed by atoms with Gasteiger partial charge in [-0.15, -0.1) is 0 Å². The third kappa shape index (κ3) is 3.12. The van der Waals surface area contributed by atoms with Crippen molar-refractivity contribution in [1.82, 2.24) is 9.88 Å². The van der Waals surface area contributed by atoms with Gasteiger partial charge in [0.1, 0.15) is 18.4 Å². The summed E-state index contributed by atoms with van der Waals surface area (Å²) in [7, 11) is 0. The predicted octanol–water partition coefficient (Wildman–Crippen LogP) is 2.43. The summed E-state index contributed by atoms with van der Waals surface area (Å²) in [6, 6.07) is 9.08. The molecule has 1 saturated heterocycles. The number of likely N-dealkylation sites (tertiary alicyclic amines) is 1. The quantitative estimate of drug-likeness (QED) is 0.942. The molecule has 0 saturated carbocycles. The highest BCUT2D eigenvalue weighted by Gasteiger charge is 2.39. The number of nitrogens with zero attached hydrogens (tertiary/aromatic N) is 2. The number of amides is 1. The molecule has 1 aromatic heterocycles. The molecule has 6 nitrogen and oxygen atoms in total. The van der Waals surface area contributed by atoms with Gasteiger partial charge in [0.25, 0.3) is 0 Å². The monoisotopic (exact) mass is 302 g/mol. The van der Waals surface area contributed by atoms with Gasteiger partial charge in [0.05, 0.1) is 18.8 Å². The lowest BCUT2D eigenvalue weighted by molar-refractivity contribution is 0.0840. The summed E-state index contributed by atoms with van der Waals surface area (Å²) in [6.45, 7) is 2.21. The van der Waals surface area contributed by atoms with Gasteiger partial charge in [-0.25, -0.2) is 9.78 Å². The normalized spacial score (nSPS) is 21.1. The van der Waals surface area contributed by atoms with Gasteiger partial charge in [0.15, 0.2) is 0 Å². The number of benzene rings is 1. The topological polar surface area (TPSA) is 75.8 Å². The van der Waals surface area contributed by atoms with Gasteiger partial charge in [-0.3, -0.25) is 4.90 Å². The Morgan fingerprint density at radius 2 is 2.23 bits per heavy atom. The number of rotatable bonds is 3. The highest BCUT2D eigenvalue weighted by atomic mass is 16.6. The first-order valence-electron chi connectivity index (χ1n) is 7.21. The van der Waals surface area contributed by atoms with Crippen molar-refractivity contribution < 1.29 is 19.1 Å². The third-order valence-corrected chi connectivity index (χ3v) is 3.64. The van der Waals surface area contributed by atoms with E-state index in [0.29, 0.717) is 18.1 Å². The summed E-state index contributed by atoms with van der Waals surface area (Å²) in [6.07, 6.45) is 0.941. The molecule has 0 spiro atoms. The minimum Gasteiger partial charge on any atom is -0.445 e. The van der Waals surface area contributed by atoms with Crippen LogP contribution in [0.5, 0.6) is 0 Å². The summed E-state index contributed by atoms with van der Waals surface area (Å²) in [5.41, 5.74) is 0.916. The molecule has 2 heterocycles. The average molecular weight is 302 g/mol. The maximum Gasteiger partial charge on any atom is 0.410 e. The van der Waals surface area contributed by atoms with E-state index in [9.17, 15) is 9.90 Å². The molecule has 0 radical (unpaired) electrons. The number of aromatic nitrogens is 1. The molecule has 6 heteroatoms. The molecule has 22 heavy (non-hydrogen) atoms. The zero-order valence-electron chi connectivity index (χ0n) is 12.3. The smallest absolute Gasteiger partial charge is 0.410 e. The number of oxazole rings is 1. The first kappa shape index (κ1) is 14.6. The standard InChI is InChI=1S/C16H18N2O4/c1-11-8-17-15(22-11)14-7-13(19)9-18(14)16(20)21-10-12-5-3-2-4-6-12/h2-6,8,13-14,19H,7,9-10H2,1H3. The fourth-order valence-corrected chi connectivity index (χ4v) is 2.58. The Labute approximate surface area is 128 Å². The number of carbonyl (C=O) groups excluding carboxylic acids is 1. The first-order chi connectivity index (χ1) is 10.6. The predicted molar refractivity (Wildman–Crippen MR) is 77.9 cm³/mol. The molecule has 2 atom stereocenters. The minimum absolute atomic E-state index is 0.198. The van der Waals surface area contributed by atoms with Crippen molar-refractivity contribution in [3.05, 3.63) is 53.7 Å². The van der Waals surface area contributed by atoms with Crippen LogP contribution < -0.4 is 0 Å². The fourth-order valence-electron chi connectivity index (χ4n) is 2.58. The van der Waals surface area contributed by atoms with E-state index < -0.39 is 12.2 Å². The largest absolute Gasteiger partial charge is 0.445 e. The van der Waals surface area contributed by atoms with Gasteiger partial charge in [0, 0.05) is 6.42 Å². The molecule has 0 bridgehead atoms. The molecule has 0 aliphatic carbocycles. The van der Waals surface area contributed by atoms with Crippen molar-refractivity contribution in [1.29, 1.82) is 0 Å². The number of hydrogen-bond acceptors (Lipinski definition) is 5. The first-order valence-corrected chi connectivity index (χ1v) is 7.21. The summed E-state index contributed by atoms with van der Waals surface area (Å²) in [5, 5.41) is 9.85. The number of β-amino-alcohol motifs (C(OH)–C–C–N with tert-alkyl or cyclic N) is 1. The number of carbonyl (C=O) groups is 1. The van der Waals surface area contributed by atoms with Crippen molar-refractivity contribution in [2.24, 2.45) is 0 Å². The fraction of sp³-hybridized carbons (Fsp3) is 0.375. The molecule has 3 rings (SSSR count). The van der Waals surface area contributed by atoms with Gasteiger partial charge in [-0.1, -0.05) is 30.3 Å². The van der Waals surface area contributed by atoms with Crippen LogP contribution in [0.3, 0.4) is 0 Å². The third-order valence-electron chi connectivity index (χ3n) is 3.64. The lowest BCUT2D eigenvalue weighted by Gasteiger charge is -2.21. The lowest BCUT2D eigenvalue weighted by atomic mass is 10.2. The van der Waals surface area contributed by atoms with E-state index in [2.05, 4.69) is 4.98 Å². The van der Waals surface area contributed by atoms with Gasteiger partial charge < -0.3 is 14.3 Å². The Hall–Kier alpha value is -2.34. The SMILES string of the molecule is Cc1cnc(C2CC(O)CN2C(=O)OCc2ccccc2)o1. The summed E-state index contributed by atoms with van der Waals surface area (Å²) >= 11 is 0. The van der Waals surface area contributed by atoms with E-state index in [1.54, 1.807) is 13.1 Å². The van der Waals surface area contributed by atoms with Crippen LogP contribution in [0.4, 0.5) is 4.79 Å². The Morgan fingerprint density at radius 3 is 2.91 bits per heavy atom. The summed E-state index contributed by atoms with van der Waals surface area (Å²) in [4.78, 5) is 17.9. The van der Waals surface area contributed by atoms with Crippen molar-refractivity contribution in [2.45, 2.75) is 32.1 Å². The zero-order valence-corrected chi connectivity index (χ0v) is 12.3. The second-order valence-electron chi connectivity index (χ2n) is 5.41. The molecule has 1 aromatic carbocycles. The Kier molecular flexibility index (Phi) is 4.11. The van der Waals surface area contributed by atoms with Crippen molar-refractivity contribution in [3.63, 3.8) is 0 Å². The second-order valence-corrected chi connectivity index (χ2v) is 5.41. The number of ether oxygens (including phenoxy) is 1. The van der Waals surface area contributed by atoms with Gasteiger partial charge >= 0.3 is 6.09 Å². The van der Waals surface area contributed by atoms with Crippen LogP contribution in [-0.2, 0) is 11.3 Å². The van der Waals surface area contributed by atoms with Crippen LogP contribution in [-0.4, -0.2) is 33.7 Å². The van der Waals surface area contributed by atoms with E-state index >= 15 is 0 Å². The van der Waals surface area contributed by atoms with E-state index in [1.165, 1.54) is 4.90 Å². The minimum atomic E-state index is -0.596. The maximum atomic E-state index is 12.3. The van der Waals surface area contributed by atoms with E-state index in [0.717, 1.165) is 5.56 Å². The number of aliphatic hydroxyl groups excluding tert-OH is 1. The Morgan fingerprint density at radius 1 is 1.45 bits per heavy atom. The molecule has 1 aliphatic rings. The molecular weight excluding hydrogens is 284 g/mol. The molecule has 2 aromatic rings. The van der Waals surface area contributed by atoms with Crippen LogP contribution in [0.25, 0.3) is 0 Å². The van der Waals surface area contributed by atoms with Crippen LogP contribution in [0.1, 0.15) is 29.7 Å². The highest BCUT2D eigenvalue weighted by molar-refractivity contribution is 5.68. The number of aliphatic hydroxyl groups is 1. The molecule has 116 valence electrons. The Balaban J connectivity index is 1.67. The second kappa shape index (κ2) is 6.19. The van der Waals surface area contributed by atoms with Gasteiger partial charge in [-0.05, 0) is 12.5 Å². The number of hydrogen-bond donors (Lipinski definition) is 1. The average Bonchev–Trinajstić information content (AvgIpc) is 3.11. The van der Waals surface area contributed by atoms with E-state index in [1.807, 2.05) is 30.3 Å². The van der Waals surface area contributed by atoms with Crippen LogP contribution in [0.2, 0.25) is 0 Å². The van der Waals surface area contributed by atoms with Crippen LogP contribution in [0, 0.1) is 6.92 Å². The molecule has 1 fully saturated rings. The lowest BCUT2D eigenvalue weighted by Crippen LogP contribution is -2.32. The maximum absolute atomic E-state index is 12.3. The van der Waals surface area contributed by atoms with E-state index in [-0.39, 0.29) is 19.2 Å². The van der Waals surface area contributed by atoms with Gasteiger partial charge in [0.2, 0.25) is 5.89 Å². The Bertz CT molecular complexity index is 641. The van der Waals surface area contributed by atoms with Crippen molar-refractivity contribution in [3.8, 4) is 0 Å². The molecule has 1 amide bonds. The number of aryl methyl sites for hydroxylation is 1. The van der Waals surface area contributed by atoms with Crippen LogP contribution in [0.15, 0.2) is 40.9 Å². The highest BCUT2D eigenvalue weighted by Crippen LogP contribution is 2.32. The molecule has 1 N–H and O–H groups in total.